The molecule has 0 unspecified atom stereocenters. The molecule has 1 rings (SSSR count). The Morgan fingerprint density at radius 3 is 2.63 bits per heavy atom. The lowest BCUT2D eigenvalue weighted by Gasteiger charge is -2.15. The van der Waals surface area contributed by atoms with Gasteiger partial charge >= 0.3 is 0 Å². The predicted molar refractivity (Wildman–Crippen MR) is 85.4 cm³/mol. The zero-order valence-corrected chi connectivity index (χ0v) is 12.5. The summed E-state index contributed by atoms with van der Waals surface area (Å²) in [4.78, 5) is 0. The molecule has 0 atom stereocenters. The Morgan fingerprint density at radius 1 is 1.32 bits per heavy atom. The van der Waals surface area contributed by atoms with Crippen molar-refractivity contribution in [3.8, 4) is 0 Å². The smallest absolute Gasteiger partial charge is 0.0379 e. The lowest BCUT2D eigenvalue weighted by Crippen LogP contribution is -2.08. The quantitative estimate of drug-likeness (QED) is 0.631. The van der Waals surface area contributed by atoms with Gasteiger partial charge in [-0.25, -0.2) is 0 Å². The molecule has 0 aromatic heterocycles. The summed E-state index contributed by atoms with van der Waals surface area (Å²) in [6, 6.07) is 4.27. The molecule has 0 aliphatic heterocycles. The van der Waals surface area contributed by atoms with Crippen molar-refractivity contribution < 1.29 is 0 Å². The van der Waals surface area contributed by atoms with Gasteiger partial charge in [0.25, 0.3) is 0 Å². The van der Waals surface area contributed by atoms with Crippen molar-refractivity contribution >= 4 is 11.4 Å². The molecule has 0 bridgehead atoms. The molecule has 0 spiro atoms. The summed E-state index contributed by atoms with van der Waals surface area (Å²) >= 11 is 0. The summed E-state index contributed by atoms with van der Waals surface area (Å²) in [6.45, 7) is 10.1. The fraction of sp³-hybridized carbons (Fsp3) is 0.500. The molecule has 19 heavy (non-hydrogen) atoms. The number of hydrogen-bond acceptors (Lipinski definition) is 3. The van der Waals surface area contributed by atoms with Crippen LogP contribution >= 0.6 is 0 Å². The van der Waals surface area contributed by atoms with E-state index >= 15 is 0 Å². The first-order chi connectivity index (χ1) is 9.10. The SMILES string of the molecule is C=C(N)c1cc(CCCCNC)c(C)c(NCC)c1. The molecular weight excluding hydrogens is 234 g/mol. The van der Waals surface area contributed by atoms with Gasteiger partial charge in [-0.3, -0.25) is 0 Å². The second-order valence-corrected chi connectivity index (χ2v) is 4.92. The lowest BCUT2D eigenvalue weighted by atomic mass is 9.97. The van der Waals surface area contributed by atoms with Crippen LogP contribution in [0.5, 0.6) is 0 Å². The van der Waals surface area contributed by atoms with Crippen molar-refractivity contribution in [2.24, 2.45) is 5.73 Å². The average molecular weight is 261 g/mol. The van der Waals surface area contributed by atoms with Gasteiger partial charge < -0.3 is 16.4 Å². The van der Waals surface area contributed by atoms with Gasteiger partial charge in [-0.15, -0.1) is 0 Å². The number of unbranched alkanes of at least 4 members (excludes halogenated alkanes) is 1. The van der Waals surface area contributed by atoms with Crippen LogP contribution in [0.3, 0.4) is 0 Å². The van der Waals surface area contributed by atoms with E-state index in [1.54, 1.807) is 0 Å². The number of aryl methyl sites for hydroxylation is 1. The van der Waals surface area contributed by atoms with Crippen LogP contribution in [-0.2, 0) is 6.42 Å². The van der Waals surface area contributed by atoms with Crippen LogP contribution in [0.1, 0.15) is 36.5 Å². The molecule has 0 radical (unpaired) electrons. The largest absolute Gasteiger partial charge is 0.399 e. The van der Waals surface area contributed by atoms with E-state index in [2.05, 4.69) is 43.2 Å². The highest BCUT2D eigenvalue weighted by molar-refractivity contribution is 5.68. The van der Waals surface area contributed by atoms with Crippen molar-refractivity contribution in [3.63, 3.8) is 0 Å². The minimum Gasteiger partial charge on any atom is -0.399 e. The van der Waals surface area contributed by atoms with Gasteiger partial charge in [-0.1, -0.05) is 6.58 Å². The molecule has 0 fully saturated rings. The summed E-state index contributed by atoms with van der Waals surface area (Å²) in [5.41, 5.74) is 11.4. The summed E-state index contributed by atoms with van der Waals surface area (Å²) in [5.74, 6) is 0. The third-order valence-electron chi connectivity index (χ3n) is 3.38. The number of rotatable bonds is 8. The van der Waals surface area contributed by atoms with Gasteiger partial charge in [0.05, 0.1) is 0 Å². The van der Waals surface area contributed by atoms with Gasteiger partial charge in [-0.05, 0) is 75.5 Å². The van der Waals surface area contributed by atoms with Crippen molar-refractivity contribution in [2.75, 3.05) is 25.5 Å². The maximum Gasteiger partial charge on any atom is 0.0379 e. The van der Waals surface area contributed by atoms with Crippen molar-refractivity contribution in [1.82, 2.24) is 5.32 Å². The van der Waals surface area contributed by atoms with Crippen LogP contribution in [0.4, 0.5) is 5.69 Å². The van der Waals surface area contributed by atoms with E-state index < -0.39 is 0 Å². The number of nitrogens with two attached hydrogens (primary N) is 1. The Labute approximate surface area is 117 Å². The van der Waals surface area contributed by atoms with Crippen LogP contribution in [0.25, 0.3) is 5.70 Å². The molecule has 0 saturated carbocycles. The molecule has 0 aliphatic carbocycles. The standard InChI is InChI=1S/C16H27N3/c1-5-19-16-11-15(13(3)17)10-14(12(16)2)8-6-7-9-18-4/h10-11,18-19H,3,5-9,17H2,1-2,4H3. The third kappa shape index (κ3) is 4.60. The molecule has 3 heteroatoms. The summed E-state index contributed by atoms with van der Waals surface area (Å²) in [5, 5.41) is 6.59. The van der Waals surface area contributed by atoms with E-state index in [9.17, 15) is 0 Å². The van der Waals surface area contributed by atoms with Crippen molar-refractivity contribution in [3.05, 3.63) is 35.4 Å². The number of hydrogen-bond donors (Lipinski definition) is 3. The molecule has 0 heterocycles. The molecule has 1 aromatic rings. The number of nitrogens with one attached hydrogen (secondary N) is 2. The molecule has 0 saturated heterocycles. The maximum absolute atomic E-state index is 5.84. The topological polar surface area (TPSA) is 50.1 Å². The highest BCUT2D eigenvalue weighted by atomic mass is 14.9. The number of benzene rings is 1. The first-order valence-electron chi connectivity index (χ1n) is 7.06. The second-order valence-electron chi connectivity index (χ2n) is 4.92. The summed E-state index contributed by atoms with van der Waals surface area (Å²) < 4.78 is 0. The van der Waals surface area contributed by atoms with Crippen LogP contribution in [-0.4, -0.2) is 20.1 Å². The van der Waals surface area contributed by atoms with Gasteiger partial charge in [0.2, 0.25) is 0 Å². The first kappa shape index (κ1) is 15.6. The molecule has 4 N–H and O–H groups in total. The summed E-state index contributed by atoms with van der Waals surface area (Å²) in [6.07, 6.45) is 3.47. The van der Waals surface area contributed by atoms with Gasteiger partial charge in [0.1, 0.15) is 0 Å². The Hall–Kier alpha value is -1.48. The normalized spacial score (nSPS) is 10.5. The third-order valence-corrected chi connectivity index (χ3v) is 3.38. The minimum atomic E-state index is 0.635. The highest BCUT2D eigenvalue weighted by Crippen LogP contribution is 2.25. The Balaban J connectivity index is 2.90. The fourth-order valence-corrected chi connectivity index (χ4v) is 2.21. The van der Waals surface area contributed by atoms with E-state index in [1.165, 1.54) is 29.7 Å². The van der Waals surface area contributed by atoms with Gasteiger partial charge in [-0.2, -0.15) is 0 Å². The molecule has 106 valence electrons. The van der Waals surface area contributed by atoms with E-state index in [1.807, 2.05) is 7.05 Å². The van der Waals surface area contributed by atoms with Crippen LogP contribution in [0.15, 0.2) is 18.7 Å². The fourth-order valence-electron chi connectivity index (χ4n) is 2.21. The van der Waals surface area contributed by atoms with Gasteiger partial charge in [0, 0.05) is 17.9 Å². The Bertz CT molecular complexity index is 424. The van der Waals surface area contributed by atoms with E-state index in [4.69, 9.17) is 5.73 Å². The zero-order chi connectivity index (χ0) is 14.3. The highest BCUT2D eigenvalue weighted by Gasteiger charge is 2.07. The van der Waals surface area contributed by atoms with E-state index in [0.29, 0.717) is 5.70 Å². The maximum atomic E-state index is 5.84. The molecule has 0 aliphatic rings. The lowest BCUT2D eigenvalue weighted by molar-refractivity contribution is 0.676. The Kier molecular flexibility index (Phi) is 6.43. The predicted octanol–water partition coefficient (Wildman–Crippen LogP) is 2.90. The monoisotopic (exact) mass is 261 g/mol. The van der Waals surface area contributed by atoms with Gasteiger partial charge in [0.15, 0.2) is 0 Å². The molecule has 0 amide bonds. The molecular formula is C16H27N3. The molecule has 1 aromatic carbocycles. The average Bonchev–Trinajstić information content (AvgIpc) is 2.38. The zero-order valence-electron chi connectivity index (χ0n) is 12.5. The van der Waals surface area contributed by atoms with E-state index in [-0.39, 0.29) is 0 Å². The van der Waals surface area contributed by atoms with Crippen LogP contribution < -0.4 is 16.4 Å². The first-order valence-corrected chi connectivity index (χ1v) is 7.06. The Morgan fingerprint density at radius 2 is 2.05 bits per heavy atom. The number of anilines is 1. The minimum absolute atomic E-state index is 0.635. The molecule has 3 nitrogen and oxygen atoms in total. The van der Waals surface area contributed by atoms with E-state index in [0.717, 1.165) is 25.1 Å². The van der Waals surface area contributed by atoms with Crippen molar-refractivity contribution in [1.29, 1.82) is 0 Å². The summed E-state index contributed by atoms with van der Waals surface area (Å²) in [7, 11) is 1.99. The second kappa shape index (κ2) is 7.85. The van der Waals surface area contributed by atoms with Crippen molar-refractivity contribution in [2.45, 2.75) is 33.1 Å². The van der Waals surface area contributed by atoms with Crippen LogP contribution in [0.2, 0.25) is 0 Å². The van der Waals surface area contributed by atoms with Crippen LogP contribution in [0, 0.1) is 6.92 Å².